The van der Waals surface area contributed by atoms with Crippen molar-refractivity contribution >= 4 is 0 Å². The first-order chi connectivity index (χ1) is 5.93. The molecule has 1 N–H and O–H groups in total. The molecule has 0 aliphatic carbocycles. The molecule has 0 amide bonds. The lowest BCUT2D eigenvalue weighted by atomic mass is 10.1. The largest absolute Gasteiger partial charge is 0.243 e. The van der Waals surface area contributed by atoms with Gasteiger partial charge in [-0.3, -0.25) is 0 Å². The van der Waals surface area contributed by atoms with Gasteiger partial charge in [0.25, 0.3) is 0 Å². The Morgan fingerprint density at radius 1 is 1.17 bits per heavy atom. The predicted octanol–water partition coefficient (Wildman–Crippen LogP) is 1.53. The van der Waals surface area contributed by atoms with E-state index in [2.05, 4.69) is 27.5 Å². The molecule has 4 nitrogen and oxygen atoms in total. The Kier molecular flexibility index (Phi) is 4.34. The first-order valence-corrected chi connectivity index (χ1v) is 4.45. The molecule has 4 heteroatoms. The van der Waals surface area contributed by atoms with Gasteiger partial charge in [0, 0.05) is 6.42 Å². The second-order valence-electron chi connectivity index (χ2n) is 2.87. The van der Waals surface area contributed by atoms with Crippen LogP contribution in [0.2, 0.25) is 0 Å². The molecule has 1 heterocycles. The van der Waals surface area contributed by atoms with E-state index in [1.54, 1.807) is 0 Å². The summed E-state index contributed by atoms with van der Waals surface area (Å²) < 4.78 is 0. The van der Waals surface area contributed by atoms with Crippen molar-refractivity contribution in [2.45, 2.75) is 38.5 Å². The fourth-order valence-corrected chi connectivity index (χ4v) is 1.11. The van der Waals surface area contributed by atoms with Crippen molar-refractivity contribution in [3.05, 3.63) is 12.7 Å². The molecule has 0 atom stereocenters. The van der Waals surface area contributed by atoms with Gasteiger partial charge in [0.2, 0.25) is 0 Å². The van der Waals surface area contributed by atoms with Gasteiger partial charge in [-0.1, -0.05) is 32.6 Å². The lowest BCUT2D eigenvalue weighted by molar-refractivity contribution is 0.634. The summed E-state index contributed by atoms with van der Waals surface area (Å²) in [6.07, 6.45) is 6.92. The maximum Gasteiger partial charge on any atom is 0.148 e. The van der Waals surface area contributed by atoms with E-state index in [4.69, 9.17) is 0 Å². The van der Waals surface area contributed by atoms with Crippen molar-refractivity contribution < 1.29 is 0 Å². The van der Waals surface area contributed by atoms with Crippen molar-refractivity contribution in [3.8, 4) is 0 Å². The first kappa shape index (κ1) is 9.16. The van der Waals surface area contributed by atoms with Gasteiger partial charge in [0.15, 0.2) is 0 Å². The highest BCUT2D eigenvalue weighted by atomic mass is 15.5. The van der Waals surface area contributed by atoms with Gasteiger partial charge in [0.1, 0.15) is 5.82 Å². The number of aryl methyl sites for hydroxylation is 1. The third-order valence-electron chi connectivity index (χ3n) is 1.80. The predicted molar refractivity (Wildman–Crippen MR) is 46.3 cm³/mol. The van der Waals surface area contributed by atoms with Crippen molar-refractivity contribution in [1.82, 2.24) is 20.6 Å². The maximum atomic E-state index is 3.81. The molecule has 0 aliphatic heterocycles. The van der Waals surface area contributed by atoms with Crippen molar-refractivity contribution in [2.75, 3.05) is 0 Å². The molecular formula is C8H15N4. The van der Waals surface area contributed by atoms with Crippen molar-refractivity contribution in [1.29, 1.82) is 0 Å². The van der Waals surface area contributed by atoms with E-state index >= 15 is 0 Å². The van der Waals surface area contributed by atoms with Gasteiger partial charge in [0.05, 0.1) is 0 Å². The number of H-pyrrole nitrogens is 1. The van der Waals surface area contributed by atoms with Gasteiger partial charge >= 0.3 is 0 Å². The van der Waals surface area contributed by atoms with Crippen LogP contribution in [0.1, 0.15) is 37.9 Å². The normalized spacial score (nSPS) is 10.4. The van der Waals surface area contributed by atoms with Crippen LogP contribution in [0.25, 0.3) is 0 Å². The SMILES string of the molecule is [CH2]CCCCCCc1nnn[nH]1. The third-order valence-corrected chi connectivity index (χ3v) is 1.80. The number of nitrogens with one attached hydrogen (secondary N) is 1. The van der Waals surface area contributed by atoms with Gasteiger partial charge in [-0.05, 0) is 16.8 Å². The van der Waals surface area contributed by atoms with Crippen LogP contribution < -0.4 is 0 Å². The molecule has 12 heavy (non-hydrogen) atoms. The van der Waals surface area contributed by atoms with E-state index in [-0.39, 0.29) is 0 Å². The molecule has 67 valence electrons. The summed E-state index contributed by atoms with van der Waals surface area (Å²) in [5.41, 5.74) is 0. The second kappa shape index (κ2) is 5.69. The number of tetrazole rings is 1. The summed E-state index contributed by atoms with van der Waals surface area (Å²) in [6.45, 7) is 3.79. The highest BCUT2D eigenvalue weighted by molar-refractivity contribution is 4.74. The Bertz CT molecular complexity index is 183. The van der Waals surface area contributed by atoms with E-state index < -0.39 is 0 Å². The van der Waals surface area contributed by atoms with E-state index in [0.29, 0.717) is 0 Å². The summed E-state index contributed by atoms with van der Waals surface area (Å²) in [6, 6.07) is 0. The average molecular weight is 167 g/mol. The van der Waals surface area contributed by atoms with Gasteiger partial charge in [-0.2, -0.15) is 0 Å². The number of nitrogens with zero attached hydrogens (tertiary/aromatic N) is 3. The smallest absolute Gasteiger partial charge is 0.148 e. The molecule has 1 aromatic rings. The molecule has 1 rings (SSSR count). The number of hydrogen-bond acceptors (Lipinski definition) is 3. The molecule has 1 aromatic heterocycles. The Morgan fingerprint density at radius 3 is 2.67 bits per heavy atom. The van der Waals surface area contributed by atoms with Crippen LogP contribution in [0, 0.1) is 6.92 Å². The molecule has 0 unspecified atom stereocenters. The molecule has 0 fully saturated rings. The highest BCUT2D eigenvalue weighted by Crippen LogP contribution is 2.04. The summed E-state index contributed by atoms with van der Waals surface area (Å²) >= 11 is 0. The van der Waals surface area contributed by atoms with Crippen molar-refractivity contribution in [3.63, 3.8) is 0 Å². The molecule has 1 radical (unpaired) electrons. The lowest BCUT2D eigenvalue weighted by Crippen LogP contribution is -1.88. The number of rotatable bonds is 6. The van der Waals surface area contributed by atoms with E-state index in [1.165, 1.54) is 19.3 Å². The molecular weight excluding hydrogens is 152 g/mol. The van der Waals surface area contributed by atoms with E-state index in [9.17, 15) is 0 Å². The van der Waals surface area contributed by atoms with E-state index in [0.717, 1.165) is 25.1 Å². The number of aromatic amines is 1. The zero-order valence-corrected chi connectivity index (χ0v) is 7.29. The Hall–Kier alpha value is -0.930. The maximum absolute atomic E-state index is 3.81. The summed E-state index contributed by atoms with van der Waals surface area (Å²) in [5.74, 6) is 0.893. The monoisotopic (exact) mass is 167 g/mol. The molecule has 0 aliphatic rings. The number of unbranched alkanes of at least 4 members (excludes halogenated alkanes) is 4. The zero-order chi connectivity index (χ0) is 8.65. The van der Waals surface area contributed by atoms with Crippen LogP contribution in [0.4, 0.5) is 0 Å². The fourth-order valence-electron chi connectivity index (χ4n) is 1.11. The molecule has 0 saturated heterocycles. The Labute approximate surface area is 72.8 Å². The zero-order valence-electron chi connectivity index (χ0n) is 7.29. The van der Waals surface area contributed by atoms with Crippen LogP contribution in [0.15, 0.2) is 0 Å². The summed E-state index contributed by atoms with van der Waals surface area (Å²) in [7, 11) is 0. The van der Waals surface area contributed by atoms with Crippen LogP contribution in [-0.4, -0.2) is 20.6 Å². The molecule has 0 aromatic carbocycles. The molecule has 0 spiro atoms. The lowest BCUT2D eigenvalue weighted by Gasteiger charge is -1.96. The number of aromatic nitrogens is 4. The topological polar surface area (TPSA) is 54.5 Å². The van der Waals surface area contributed by atoms with Gasteiger partial charge in [-0.15, -0.1) is 5.10 Å². The standard InChI is InChI=1S/C8H15N4/c1-2-3-4-5-6-7-8-9-11-12-10-8/h1-7H2,(H,9,10,11,12). The number of hydrogen-bond donors (Lipinski definition) is 1. The highest BCUT2D eigenvalue weighted by Gasteiger charge is 1.95. The molecule has 0 saturated carbocycles. The van der Waals surface area contributed by atoms with E-state index in [1.807, 2.05) is 0 Å². The van der Waals surface area contributed by atoms with Crippen LogP contribution in [-0.2, 0) is 6.42 Å². The Balaban J connectivity index is 1.96. The first-order valence-electron chi connectivity index (χ1n) is 4.45. The van der Waals surface area contributed by atoms with Crippen molar-refractivity contribution in [2.24, 2.45) is 0 Å². The average Bonchev–Trinajstić information content (AvgIpc) is 2.57. The Morgan fingerprint density at radius 2 is 2.00 bits per heavy atom. The minimum absolute atomic E-state index is 0.893. The summed E-state index contributed by atoms with van der Waals surface area (Å²) in [5, 5.41) is 13.6. The van der Waals surface area contributed by atoms with Crippen LogP contribution in [0.5, 0.6) is 0 Å². The second-order valence-corrected chi connectivity index (χ2v) is 2.87. The van der Waals surface area contributed by atoms with Gasteiger partial charge < -0.3 is 0 Å². The van der Waals surface area contributed by atoms with Gasteiger partial charge in [-0.25, -0.2) is 5.10 Å². The summed E-state index contributed by atoms with van der Waals surface area (Å²) in [4.78, 5) is 0. The van der Waals surface area contributed by atoms with Crippen LogP contribution in [0.3, 0.4) is 0 Å². The minimum Gasteiger partial charge on any atom is -0.243 e. The molecule has 0 bridgehead atoms. The van der Waals surface area contributed by atoms with Crippen LogP contribution >= 0.6 is 0 Å². The minimum atomic E-state index is 0.893. The fraction of sp³-hybridized carbons (Fsp3) is 0.750. The third kappa shape index (κ3) is 3.46. The quantitative estimate of drug-likeness (QED) is 0.653.